The molecular formula is C21H25N5S. The van der Waals surface area contributed by atoms with E-state index in [2.05, 4.69) is 51.5 Å². The predicted octanol–water partition coefficient (Wildman–Crippen LogP) is 3.51. The minimum Gasteiger partial charge on any atom is -0.348 e. The molecule has 0 atom stereocenters. The molecule has 2 aromatic heterocycles. The average Bonchev–Trinajstić information content (AvgIpc) is 3.37. The number of likely N-dealkylation sites (tertiary alicyclic amines) is 1. The third kappa shape index (κ3) is 3.02. The Morgan fingerprint density at radius 2 is 1.96 bits per heavy atom. The molecule has 5 nitrogen and oxygen atoms in total. The Labute approximate surface area is 164 Å². The maximum Gasteiger partial charge on any atom is 0.107 e. The van der Waals surface area contributed by atoms with Gasteiger partial charge in [0.15, 0.2) is 0 Å². The average molecular weight is 380 g/mol. The van der Waals surface area contributed by atoms with Crippen LogP contribution in [0.4, 0.5) is 0 Å². The monoisotopic (exact) mass is 379 g/mol. The molecule has 0 bridgehead atoms. The van der Waals surface area contributed by atoms with Gasteiger partial charge in [-0.3, -0.25) is 9.80 Å². The molecule has 3 aromatic rings. The van der Waals surface area contributed by atoms with Crippen molar-refractivity contribution in [2.24, 2.45) is 0 Å². The first-order valence-electron chi connectivity index (χ1n) is 9.71. The fourth-order valence-corrected chi connectivity index (χ4v) is 5.45. The summed E-state index contributed by atoms with van der Waals surface area (Å²) >= 11 is 1.78. The number of nitrogens with one attached hydrogen (secondary N) is 1. The van der Waals surface area contributed by atoms with Gasteiger partial charge in [-0.2, -0.15) is 0 Å². The second kappa shape index (κ2) is 6.86. The lowest BCUT2D eigenvalue weighted by molar-refractivity contribution is 0.0221. The topological polar surface area (TPSA) is 48.1 Å². The van der Waals surface area contributed by atoms with E-state index in [1.54, 1.807) is 11.3 Å². The van der Waals surface area contributed by atoms with Crippen molar-refractivity contribution in [3.05, 3.63) is 58.4 Å². The standard InChI is InChI=1S/C21H25N5S/c1-25-10-7-17-20(23-15-22-17)21(25)8-11-26(12-9-21)13-19-24-18(14-27-19)16-5-3-2-4-6-16/h2-6,14-15H,7-13H2,1H3,(H,22,23). The quantitative estimate of drug-likeness (QED) is 0.757. The number of fused-ring (bicyclic) bond motifs is 2. The molecule has 0 saturated carbocycles. The van der Waals surface area contributed by atoms with E-state index in [1.165, 1.54) is 22.0 Å². The first kappa shape index (κ1) is 17.1. The van der Waals surface area contributed by atoms with Gasteiger partial charge in [0.05, 0.1) is 29.8 Å². The van der Waals surface area contributed by atoms with Crippen LogP contribution in [-0.4, -0.2) is 51.4 Å². The third-order valence-corrected chi connectivity index (χ3v) is 7.08. The summed E-state index contributed by atoms with van der Waals surface area (Å²) < 4.78 is 0. The number of likely N-dealkylation sites (N-methyl/N-ethyl adjacent to an activating group) is 1. The first-order valence-corrected chi connectivity index (χ1v) is 10.6. The van der Waals surface area contributed by atoms with Gasteiger partial charge in [-0.05, 0) is 19.9 Å². The summed E-state index contributed by atoms with van der Waals surface area (Å²) in [6, 6.07) is 10.5. The lowest BCUT2D eigenvalue weighted by Gasteiger charge is -2.49. The van der Waals surface area contributed by atoms with Crippen molar-refractivity contribution >= 4 is 11.3 Å². The van der Waals surface area contributed by atoms with Crippen LogP contribution in [0.25, 0.3) is 11.3 Å². The molecule has 1 N–H and O–H groups in total. The lowest BCUT2D eigenvalue weighted by atomic mass is 9.79. The molecule has 0 radical (unpaired) electrons. The minimum absolute atomic E-state index is 0.113. The summed E-state index contributed by atoms with van der Waals surface area (Å²) in [5, 5.41) is 3.39. The summed E-state index contributed by atoms with van der Waals surface area (Å²) in [4.78, 5) is 18.0. The number of thiazole rings is 1. The molecule has 4 heterocycles. The summed E-state index contributed by atoms with van der Waals surface area (Å²) in [6.45, 7) is 4.25. The van der Waals surface area contributed by atoms with Crippen molar-refractivity contribution in [2.75, 3.05) is 26.7 Å². The molecule has 1 fully saturated rings. The Kier molecular flexibility index (Phi) is 4.34. The number of aromatic nitrogens is 3. The molecule has 0 amide bonds. The predicted molar refractivity (Wildman–Crippen MR) is 109 cm³/mol. The molecular weight excluding hydrogens is 354 g/mol. The van der Waals surface area contributed by atoms with Gasteiger partial charge < -0.3 is 4.98 Å². The lowest BCUT2D eigenvalue weighted by Crippen LogP contribution is -2.54. The molecule has 0 unspecified atom stereocenters. The van der Waals surface area contributed by atoms with Crippen molar-refractivity contribution in [3.8, 4) is 11.3 Å². The molecule has 1 spiro atoms. The van der Waals surface area contributed by atoms with Gasteiger partial charge in [0.1, 0.15) is 5.01 Å². The molecule has 5 rings (SSSR count). The first-order chi connectivity index (χ1) is 13.2. The Bertz CT molecular complexity index is 908. The van der Waals surface area contributed by atoms with E-state index in [9.17, 15) is 0 Å². The van der Waals surface area contributed by atoms with Crippen LogP contribution in [-0.2, 0) is 18.5 Å². The maximum absolute atomic E-state index is 4.87. The van der Waals surface area contributed by atoms with E-state index in [1.807, 2.05) is 12.4 Å². The zero-order valence-electron chi connectivity index (χ0n) is 15.7. The van der Waals surface area contributed by atoms with Crippen LogP contribution < -0.4 is 0 Å². The fraction of sp³-hybridized carbons (Fsp3) is 0.429. The summed E-state index contributed by atoms with van der Waals surface area (Å²) in [6.07, 6.45) is 5.23. The maximum atomic E-state index is 4.87. The van der Waals surface area contributed by atoms with E-state index >= 15 is 0 Å². The molecule has 0 aliphatic carbocycles. The van der Waals surface area contributed by atoms with E-state index in [4.69, 9.17) is 9.97 Å². The Hall–Kier alpha value is -2.02. The number of hydrogen-bond donors (Lipinski definition) is 1. The van der Waals surface area contributed by atoms with Crippen molar-refractivity contribution in [1.29, 1.82) is 0 Å². The minimum atomic E-state index is 0.113. The van der Waals surface area contributed by atoms with Crippen LogP contribution >= 0.6 is 11.3 Å². The number of benzene rings is 1. The zero-order chi connectivity index (χ0) is 18.3. The Balaban J connectivity index is 1.28. The van der Waals surface area contributed by atoms with Crippen LogP contribution in [0.2, 0.25) is 0 Å². The largest absolute Gasteiger partial charge is 0.348 e. The Morgan fingerprint density at radius 3 is 2.78 bits per heavy atom. The van der Waals surface area contributed by atoms with E-state index in [0.717, 1.165) is 51.1 Å². The van der Waals surface area contributed by atoms with E-state index < -0.39 is 0 Å². The van der Waals surface area contributed by atoms with Crippen molar-refractivity contribution in [2.45, 2.75) is 31.3 Å². The highest BCUT2D eigenvalue weighted by atomic mass is 32.1. The zero-order valence-corrected chi connectivity index (χ0v) is 16.5. The summed E-state index contributed by atoms with van der Waals surface area (Å²) in [7, 11) is 2.26. The third-order valence-electron chi connectivity index (χ3n) is 6.25. The second-order valence-electron chi connectivity index (χ2n) is 7.70. The number of imidazole rings is 1. The summed E-state index contributed by atoms with van der Waals surface area (Å²) in [5.41, 5.74) is 5.04. The van der Waals surface area contributed by atoms with Gasteiger partial charge in [0.25, 0.3) is 0 Å². The highest BCUT2D eigenvalue weighted by Crippen LogP contribution is 2.41. The molecule has 2 aliphatic heterocycles. The number of piperidine rings is 1. The molecule has 140 valence electrons. The highest BCUT2D eigenvalue weighted by molar-refractivity contribution is 7.09. The molecule has 6 heteroatoms. The fourth-order valence-electron chi connectivity index (χ4n) is 4.60. The number of nitrogens with zero attached hydrogens (tertiary/aromatic N) is 4. The molecule has 27 heavy (non-hydrogen) atoms. The number of aromatic amines is 1. The van der Waals surface area contributed by atoms with E-state index in [0.29, 0.717) is 0 Å². The van der Waals surface area contributed by atoms with Gasteiger partial charge in [-0.25, -0.2) is 9.97 Å². The molecule has 1 aromatic carbocycles. The van der Waals surface area contributed by atoms with Gasteiger partial charge in [-0.1, -0.05) is 30.3 Å². The van der Waals surface area contributed by atoms with Crippen LogP contribution in [0, 0.1) is 0 Å². The highest BCUT2D eigenvalue weighted by Gasteiger charge is 2.44. The van der Waals surface area contributed by atoms with Crippen LogP contribution in [0.5, 0.6) is 0 Å². The van der Waals surface area contributed by atoms with Crippen LogP contribution in [0.15, 0.2) is 42.0 Å². The number of rotatable bonds is 3. The molecule has 2 aliphatic rings. The van der Waals surface area contributed by atoms with E-state index in [-0.39, 0.29) is 5.54 Å². The summed E-state index contributed by atoms with van der Waals surface area (Å²) in [5.74, 6) is 0. The van der Waals surface area contributed by atoms with Gasteiger partial charge in [-0.15, -0.1) is 11.3 Å². The second-order valence-corrected chi connectivity index (χ2v) is 8.64. The van der Waals surface area contributed by atoms with Gasteiger partial charge >= 0.3 is 0 Å². The molecule has 1 saturated heterocycles. The Morgan fingerprint density at radius 1 is 1.15 bits per heavy atom. The van der Waals surface area contributed by atoms with Gasteiger partial charge in [0.2, 0.25) is 0 Å². The van der Waals surface area contributed by atoms with Crippen LogP contribution in [0.1, 0.15) is 29.2 Å². The number of hydrogen-bond acceptors (Lipinski definition) is 5. The smallest absolute Gasteiger partial charge is 0.107 e. The van der Waals surface area contributed by atoms with Crippen LogP contribution in [0.3, 0.4) is 0 Å². The SMILES string of the molecule is CN1CCc2[nH]cnc2C12CCN(Cc1nc(-c3ccccc3)cs1)CC2. The van der Waals surface area contributed by atoms with Crippen molar-refractivity contribution in [1.82, 2.24) is 24.8 Å². The number of H-pyrrole nitrogens is 1. The normalized spacial score (nSPS) is 20.0. The van der Waals surface area contributed by atoms with Crippen molar-refractivity contribution < 1.29 is 0 Å². The van der Waals surface area contributed by atoms with Gasteiger partial charge in [0, 0.05) is 42.7 Å². The van der Waals surface area contributed by atoms with Crippen molar-refractivity contribution in [3.63, 3.8) is 0 Å².